The first-order chi connectivity index (χ1) is 7.48. The number of hydrogen-bond donors (Lipinski definition) is 1. The van der Waals surface area contributed by atoms with Crippen LogP contribution in [0, 0.1) is 0 Å². The van der Waals surface area contributed by atoms with E-state index in [0.717, 1.165) is 23.6 Å². The van der Waals surface area contributed by atoms with Crippen molar-refractivity contribution in [1.82, 2.24) is 8.61 Å². The average molecular weight is 250 g/mol. The van der Waals surface area contributed by atoms with Crippen molar-refractivity contribution in [2.24, 2.45) is 0 Å². The van der Waals surface area contributed by atoms with Gasteiger partial charge in [-0.1, -0.05) is 13.3 Å². The average Bonchev–Trinajstić information content (AvgIpc) is 2.26. The zero-order valence-corrected chi connectivity index (χ0v) is 10.2. The van der Waals surface area contributed by atoms with Gasteiger partial charge in [-0.3, -0.25) is 4.79 Å². The second-order valence-electron chi connectivity index (χ2n) is 3.79. The second kappa shape index (κ2) is 5.60. The van der Waals surface area contributed by atoms with E-state index < -0.39 is 22.7 Å². The Morgan fingerprint density at radius 1 is 1.31 bits per heavy atom. The van der Waals surface area contributed by atoms with E-state index in [1.807, 2.05) is 0 Å². The van der Waals surface area contributed by atoms with Crippen LogP contribution in [-0.4, -0.2) is 54.3 Å². The van der Waals surface area contributed by atoms with Crippen LogP contribution in [0.4, 0.5) is 0 Å². The Balaban J connectivity index is 2.76. The molecule has 7 heteroatoms. The molecule has 16 heavy (non-hydrogen) atoms. The Morgan fingerprint density at radius 2 is 1.88 bits per heavy atom. The van der Waals surface area contributed by atoms with E-state index in [2.05, 4.69) is 0 Å². The minimum absolute atomic E-state index is 0.186. The molecule has 0 amide bonds. The Bertz CT molecular complexity index is 335. The SMILES string of the molecule is CCN(CC(=O)O)S(=O)(=O)N1CCCCC1. The van der Waals surface area contributed by atoms with Crippen LogP contribution in [0.15, 0.2) is 0 Å². The van der Waals surface area contributed by atoms with Crippen LogP contribution in [-0.2, 0) is 15.0 Å². The van der Waals surface area contributed by atoms with Crippen molar-refractivity contribution >= 4 is 16.2 Å². The number of piperidine rings is 1. The minimum Gasteiger partial charge on any atom is -0.480 e. The number of nitrogens with zero attached hydrogens (tertiary/aromatic N) is 2. The van der Waals surface area contributed by atoms with Gasteiger partial charge in [0, 0.05) is 19.6 Å². The van der Waals surface area contributed by atoms with Crippen LogP contribution < -0.4 is 0 Å². The topological polar surface area (TPSA) is 77.9 Å². The van der Waals surface area contributed by atoms with Crippen LogP contribution in [0.5, 0.6) is 0 Å². The summed E-state index contributed by atoms with van der Waals surface area (Å²) in [5.74, 6) is -1.12. The zero-order chi connectivity index (χ0) is 12.2. The maximum absolute atomic E-state index is 12.0. The van der Waals surface area contributed by atoms with Crippen LogP contribution in [0.1, 0.15) is 26.2 Å². The molecule has 0 aliphatic carbocycles. The van der Waals surface area contributed by atoms with E-state index >= 15 is 0 Å². The first-order valence-corrected chi connectivity index (χ1v) is 6.85. The predicted octanol–water partition coefficient (Wildman–Crippen LogP) is 0.124. The van der Waals surface area contributed by atoms with Crippen molar-refractivity contribution in [1.29, 1.82) is 0 Å². The zero-order valence-electron chi connectivity index (χ0n) is 9.42. The highest BCUT2D eigenvalue weighted by Gasteiger charge is 2.30. The van der Waals surface area contributed by atoms with Gasteiger partial charge in [-0.05, 0) is 12.8 Å². The van der Waals surface area contributed by atoms with Crippen molar-refractivity contribution in [2.75, 3.05) is 26.2 Å². The fourth-order valence-corrected chi connectivity index (χ4v) is 3.41. The molecule has 1 N–H and O–H groups in total. The van der Waals surface area contributed by atoms with Crippen molar-refractivity contribution in [3.8, 4) is 0 Å². The standard InChI is InChI=1S/C9H18N2O4S/c1-2-10(8-9(12)13)16(14,15)11-6-4-3-5-7-11/h2-8H2,1H3,(H,12,13). The van der Waals surface area contributed by atoms with Gasteiger partial charge >= 0.3 is 5.97 Å². The first kappa shape index (κ1) is 13.4. The molecule has 94 valence electrons. The summed E-state index contributed by atoms with van der Waals surface area (Å²) >= 11 is 0. The molecular formula is C9H18N2O4S. The van der Waals surface area contributed by atoms with Gasteiger partial charge in [0.05, 0.1) is 0 Å². The highest BCUT2D eigenvalue weighted by atomic mass is 32.2. The number of carbonyl (C=O) groups is 1. The summed E-state index contributed by atoms with van der Waals surface area (Å²) in [7, 11) is -3.58. The van der Waals surface area contributed by atoms with Crippen molar-refractivity contribution in [3.63, 3.8) is 0 Å². The van der Waals surface area contributed by atoms with E-state index in [1.165, 1.54) is 4.31 Å². The fraction of sp³-hybridized carbons (Fsp3) is 0.889. The van der Waals surface area contributed by atoms with Gasteiger partial charge in [-0.25, -0.2) is 0 Å². The third kappa shape index (κ3) is 3.16. The summed E-state index contributed by atoms with van der Waals surface area (Å²) in [5.41, 5.74) is 0. The molecule has 0 aromatic rings. The third-order valence-electron chi connectivity index (χ3n) is 2.63. The highest BCUT2D eigenvalue weighted by molar-refractivity contribution is 7.86. The Morgan fingerprint density at radius 3 is 2.31 bits per heavy atom. The molecule has 1 rings (SSSR count). The molecule has 1 fully saturated rings. The molecule has 0 spiro atoms. The molecule has 0 saturated carbocycles. The molecule has 1 aliphatic rings. The lowest BCUT2D eigenvalue weighted by Gasteiger charge is -2.30. The normalized spacial score (nSPS) is 18.9. The number of carboxylic acids is 1. The number of hydrogen-bond acceptors (Lipinski definition) is 3. The molecule has 1 heterocycles. The van der Waals surface area contributed by atoms with Gasteiger partial charge in [0.25, 0.3) is 10.2 Å². The summed E-state index contributed by atoms with van der Waals surface area (Å²) in [5, 5.41) is 8.65. The van der Waals surface area contributed by atoms with E-state index in [0.29, 0.717) is 13.1 Å². The Labute approximate surface area is 96.0 Å². The molecule has 0 bridgehead atoms. The molecule has 0 aromatic heterocycles. The largest absolute Gasteiger partial charge is 0.480 e. The van der Waals surface area contributed by atoms with Crippen LogP contribution in [0.25, 0.3) is 0 Å². The first-order valence-electron chi connectivity index (χ1n) is 5.45. The summed E-state index contributed by atoms with van der Waals surface area (Å²) < 4.78 is 26.5. The van der Waals surface area contributed by atoms with Gasteiger partial charge in [-0.2, -0.15) is 17.0 Å². The van der Waals surface area contributed by atoms with Crippen LogP contribution >= 0.6 is 0 Å². The lowest BCUT2D eigenvalue weighted by molar-refractivity contribution is -0.137. The Kier molecular flexibility index (Phi) is 4.69. The molecule has 0 radical (unpaired) electrons. The number of rotatable bonds is 5. The summed E-state index contributed by atoms with van der Waals surface area (Å²) in [6.07, 6.45) is 2.74. The lowest BCUT2D eigenvalue weighted by Crippen LogP contribution is -2.47. The minimum atomic E-state index is -3.58. The third-order valence-corrected chi connectivity index (χ3v) is 4.69. The number of carboxylic acid groups (broad SMARTS) is 1. The molecule has 1 saturated heterocycles. The number of aliphatic carboxylic acids is 1. The monoisotopic (exact) mass is 250 g/mol. The molecule has 0 atom stereocenters. The van der Waals surface area contributed by atoms with Crippen LogP contribution in [0.3, 0.4) is 0 Å². The Hall–Kier alpha value is -0.660. The van der Waals surface area contributed by atoms with Crippen molar-refractivity contribution < 1.29 is 18.3 Å². The lowest BCUT2D eigenvalue weighted by atomic mass is 10.2. The van der Waals surface area contributed by atoms with Gasteiger partial charge in [0.15, 0.2) is 0 Å². The maximum Gasteiger partial charge on any atom is 0.318 e. The molecule has 0 unspecified atom stereocenters. The van der Waals surface area contributed by atoms with Crippen molar-refractivity contribution in [3.05, 3.63) is 0 Å². The van der Waals surface area contributed by atoms with E-state index in [-0.39, 0.29) is 6.54 Å². The maximum atomic E-state index is 12.0. The molecule has 6 nitrogen and oxygen atoms in total. The van der Waals surface area contributed by atoms with E-state index in [1.54, 1.807) is 6.92 Å². The van der Waals surface area contributed by atoms with Crippen LogP contribution in [0.2, 0.25) is 0 Å². The summed E-state index contributed by atoms with van der Waals surface area (Å²) in [6, 6.07) is 0. The molecule has 0 aromatic carbocycles. The van der Waals surface area contributed by atoms with Gasteiger partial charge in [0.2, 0.25) is 0 Å². The van der Waals surface area contributed by atoms with E-state index in [9.17, 15) is 13.2 Å². The van der Waals surface area contributed by atoms with E-state index in [4.69, 9.17) is 5.11 Å². The fourth-order valence-electron chi connectivity index (χ4n) is 1.77. The summed E-state index contributed by atoms with van der Waals surface area (Å²) in [6.45, 7) is 2.36. The smallest absolute Gasteiger partial charge is 0.318 e. The molecular weight excluding hydrogens is 232 g/mol. The van der Waals surface area contributed by atoms with Gasteiger partial charge < -0.3 is 5.11 Å². The molecule has 1 aliphatic heterocycles. The second-order valence-corrected chi connectivity index (χ2v) is 5.72. The van der Waals surface area contributed by atoms with Crippen molar-refractivity contribution in [2.45, 2.75) is 26.2 Å². The summed E-state index contributed by atoms with van der Waals surface area (Å²) in [4.78, 5) is 10.6. The van der Waals surface area contributed by atoms with Gasteiger partial charge in [-0.15, -0.1) is 0 Å². The highest BCUT2D eigenvalue weighted by Crippen LogP contribution is 2.15. The van der Waals surface area contributed by atoms with Gasteiger partial charge in [0.1, 0.15) is 6.54 Å². The number of likely N-dealkylation sites (N-methyl/N-ethyl adjacent to an activating group) is 1. The predicted molar refractivity (Wildman–Crippen MR) is 59.2 cm³/mol. The quantitative estimate of drug-likeness (QED) is 0.752.